The topological polar surface area (TPSA) is 57.2 Å². The van der Waals surface area contributed by atoms with Crippen LogP contribution in [0.5, 0.6) is 0 Å². The van der Waals surface area contributed by atoms with Gasteiger partial charge < -0.3 is 4.55 Å². The highest BCUT2D eigenvalue weighted by molar-refractivity contribution is 7.96. The SMILES string of the molecule is O=S(=O)([O-])C(F)(F)F.c1ccc([S+]2CCCCC2)cc1. The van der Waals surface area contributed by atoms with Crippen molar-refractivity contribution in [1.29, 1.82) is 0 Å². The van der Waals surface area contributed by atoms with Crippen LogP contribution in [0.15, 0.2) is 35.2 Å². The van der Waals surface area contributed by atoms with Gasteiger partial charge in [0, 0.05) is 10.9 Å². The Balaban J connectivity index is 0.000000221. The monoisotopic (exact) mass is 328 g/mol. The van der Waals surface area contributed by atoms with Crippen molar-refractivity contribution in [1.82, 2.24) is 0 Å². The Morgan fingerprint density at radius 3 is 1.85 bits per heavy atom. The first-order valence-corrected chi connectivity index (χ1v) is 8.93. The fourth-order valence-electron chi connectivity index (χ4n) is 1.68. The molecule has 1 aromatic carbocycles. The van der Waals surface area contributed by atoms with Crippen molar-refractivity contribution in [3.8, 4) is 0 Å². The van der Waals surface area contributed by atoms with Crippen LogP contribution in [0.4, 0.5) is 13.2 Å². The summed E-state index contributed by atoms with van der Waals surface area (Å²) in [5, 5.41) is 0. The van der Waals surface area contributed by atoms with Gasteiger partial charge in [0.05, 0.1) is 0 Å². The minimum Gasteiger partial charge on any atom is -0.741 e. The summed E-state index contributed by atoms with van der Waals surface area (Å²) < 4.78 is 58.9. The fourth-order valence-corrected chi connectivity index (χ4v) is 4.00. The number of hydrogen-bond acceptors (Lipinski definition) is 3. The standard InChI is InChI=1S/C11H15S.CHF3O3S/c1-3-7-11(8-4-1)12-9-5-2-6-10-12;2-1(3,4)8(5,6)7/h1,3-4,7-8H,2,5-6,9-10H2;(H,5,6,7)/q+1;/p-1. The quantitative estimate of drug-likeness (QED) is 0.452. The number of rotatable bonds is 1. The van der Waals surface area contributed by atoms with Gasteiger partial charge in [-0.1, -0.05) is 18.2 Å². The third-order valence-corrected chi connectivity index (χ3v) is 5.71. The molecule has 0 N–H and O–H groups in total. The van der Waals surface area contributed by atoms with E-state index in [4.69, 9.17) is 13.0 Å². The molecule has 1 heterocycles. The summed E-state index contributed by atoms with van der Waals surface area (Å²) in [5.41, 5.74) is -5.65. The molecule has 0 aromatic heterocycles. The molecule has 0 amide bonds. The van der Waals surface area contributed by atoms with Crippen molar-refractivity contribution in [3.63, 3.8) is 0 Å². The summed E-state index contributed by atoms with van der Waals surface area (Å²) in [6.45, 7) is 0. The van der Waals surface area contributed by atoms with Crippen LogP contribution in [-0.2, 0) is 21.0 Å². The molecule has 0 unspecified atom stereocenters. The van der Waals surface area contributed by atoms with Crippen LogP contribution in [0.3, 0.4) is 0 Å². The van der Waals surface area contributed by atoms with Crippen LogP contribution in [0.25, 0.3) is 0 Å². The first kappa shape index (κ1) is 17.3. The number of halogens is 3. The summed E-state index contributed by atoms with van der Waals surface area (Å²) >= 11 is 0. The lowest BCUT2D eigenvalue weighted by molar-refractivity contribution is -0.0517. The highest BCUT2D eigenvalue weighted by Crippen LogP contribution is 2.21. The zero-order valence-electron chi connectivity index (χ0n) is 10.6. The van der Waals surface area contributed by atoms with Gasteiger partial charge in [-0.15, -0.1) is 0 Å². The smallest absolute Gasteiger partial charge is 0.485 e. The summed E-state index contributed by atoms with van der Waals surface area (Å²) in [5.74, 6) is 2.87. The van der Waals surface area contributed by atoms with Crippen LogP contribution in [0, 0.1) is 0 Å². The van der Waals surface area contributed by atoms with E-state index in [0.29, 0.717) is 10.9 Å². The molecule has 1 aromatic rings. The van der Waals surface area contributed by atoms with Gasteiger partial charge in [-0.2, -0.15) is 13.2 Å². The second-order valence-electron chi connectivity index (χ2n) is 4.17. The van der Waals surface area contributed by atoms with Crippen molar-refractivity contribution in [2.45, 2.75) is 29.7 Å². The molecule has 0 spiro atoms. The van der Waals surface area contributed by atoms with Crippen LogP contribution in [-0.4, -0.2) is 30.0 Å². The molecule has 2 rings (SSSR count). The molecule has 114 valence electrons. The van der Waals surface area contributed by atoms with E-state index < -0.39 is 15.6 Å². The Bertz CT molecular complexity index is 494. The molecule has 1 aliphatic heterocycles. The minimum atomic E-state index is -6.09. The summed E-state index contributed by atoms with van der Waals surface area (Å²) in [6, 6.07) is 11.0. The van der Waals surface area contributed by atoms with Gasteiger partial charge in [0.2, 0.25) is 0 Å². The second kappa shape index (κ2) is 7.33. The molecule has 0 bridgehead atoms. The van der Waals surface area contributed by atoms with Gasteiger partial charge in [0.15, 0.2) is 15.0 Å². The summed E-state index contributed by atoms with van der Waals surface area (Å²) in [7, 11) is -5.50. The minimum absolute atomic E-state index is 0.592. The van der Waals surface area contributed by atoms with E-state index in [-0.39, 0.29) is 0 Å². The Labute approximate surface area is 119 Å². The lowest BCUT2D eigenvalue weighted by atomic mass is 10.3. The Morgan fingerprint density at radius 2 is 1.45 bits per heavy atom. The second-order valence-corrected chi connectivity index (χ2v) is 7.82. The molecular formula is C12H15F3O3S2. The van der Waals surface area contributed by atoms with Gasteiger partial charge in [-0.05, 0) is 31.4 Å². The first-order chi connectivity index (χ1) is 9.22. The van der Waals surface area contributed by atoms with Gasteiger partial charge in [-0.3, -0.25) is 0 Å². The zero-order chi connectivity index (χ0) is 15.2. The largest absolute Gasteiger partial charge is 0.741 e. The average molecular weight is 328 g/mol. The fraction of sp³-hybridized carbons (Fsp3) is 0.500. The molecule has 0 atom stereocenters. The Kier molecular flexibility index (Phi) is 6.35. The van der Waals surface area contributed by atoms with Crippen LogP contribution < -0.4 is 0 Å². The highest BCUT2D eigenvalue weighted by atomic mass is 32.2. The normalized spacial score (nSPS) is 17.2. The summed E-state index contributed by atoms with van der Waals surface area (Å²) in [6.07, 6.45) is 4.34. The van der Waals surface area contributed by atoms with Crippen molar-refractivity contribution < 1.29 is 26.1 Å². The average Bonchev–Trinajstić information content (AvgIpc) is 2.39. The Morgan fingerprint density at radius 1 is 1.00 bits per heavy atom. The number of benzene rings is 1. The van der Waals surface area contributed by atoms with Crippen LogP contribution in [0.2, 0.25) is 0 Å². The number of hydrogen-bond donors (Lipinski definition) is 0. The van der Waals surface area contributed by atoms with E-state index >= 15 is 0 Å². The zero-order valence-corrected chi connectivity index (χ0v) is 12.2. The van der Waals surface area contributed by atoms with Crippen molar-refractivity contribution in [2.75, 3.05) is 11.5 Å². The Hall–Kier alpha value is -0.730. The molecule has 1 aliphatic rings. The molecule has 1 fully saturated rings. The molecule has 20 heavy (non-hydrogen) atoms. The highest BCUT2D eigenvalue weighted by Gasteiger charge is 2.36. The predicted octanol–water partition coefficient (Wildman–Crippen LogP) is 2.90. The lowest BCUT2D eigenvalue weighted by Gasteiger charge is -2.12. The first-order valence-electron chi connectivity index (χ1n) is 5.96. The third kappa shape index (κ3) is 5.72. The van der Waals surface area contributed by atoms with Crippen molar-refractivity contribution in [2.24, 2.45) is 0 Å². The van der Waals surface area contributed by atoms with Crippen molar-refractivity contribution >= 4 is 21.0 Å². The predicted molar refractivity (Wildman–Crippen MR) is 71.4 cm³/mol. The molecule has 0 radical (unpaired) electrons. The lowest BCUT2D eigenvalue weighted by Crippen LogP contribution is -2.21. The maximum atomic E-state index is 10.7. The third-order valence-electron chi connectivity index (χ3n) is 2.64. The van der Waals surface area contributed by atoms with Gasteiger partial charge >= 0.3 is 5.51 Å². The van der Waals surface area contributed by atoms with Crippen LogP contribution in [0.1, 0.15) is 19.3 Å². The maximum Gasteiger partial charge on any atom is 0.485 e. The maximum absolute atomic E-state index is 10.7. The van der Waals surface area contributed by atoms with E-state index in [1.807, 2.05) is 0 Å². The van der Waals surface area contributed by atoms with Gasteiger partial charge in [0.1, 0.15) is 11.5 Å². The molecule has 8 heteroatoms. The number of alkyl halides is 3. The van der Waals surface area contributed by atoms with E-state index in [2.05, 4.69) is 30.3 Å². The van der Waals surface area contributed by atoms with Crippen LogP contribution >= 0.6 is 0 Å². The molecule has 1 saturated heterocycles. The van der Waals surface area contributed by atoms with E-state index in [1.165, 1.54) is 30.8 Å². The van der Waals surface area contributed by atoms with Gasteiger partial charge in [0.25, 0.3) is 0 Å². The van der Waals surface area contributed by atoms with E-state index in [1.54, 1.807) is 4.90 Å². The van der Waals surface area contributed by atoms with Crippen molar-refractivity contribution in [3.05, 3.63) is 30.3 Å². The molecule has 0 saturated carbocycles. The summed E-state index contributed by atoms with van der Waals surface area (Å²) in [4.78, 5) is 1.58. The van der Waals surface area contributed by atoms with E-state index in [0.717, 1.165) is 0 Å². The van der Waals surface area contributed by atoms with Gasteiger partial charge in [-0.25, -0.2) is 8.42 Å². The molecule has 3 nitrogen and oxygen atoms in total. The molecule has 0 aliphatic carbocycles. The van der Waals surface area contributed by atoms with E-state index in [9.17, 15) is 13.2 Å². The molecular weight excluding hydrogens is 313 g/mol.